The summed E-state index contributed by atoms with van der Waals surface area (Å²) in [6.45, 7) is 2.29. The van der Waals surface area contributed by atoms with E-state index < -0.39 is 0 Å². The Bertz CT molecular complexity index is 194. The molecule has 0 aromatic rings. The van der Waals surface area contributed by atoms with Gasteiger partial charge in [-0.3, -0.25) is 0 Å². The van der Waals surface area contributed by atoms with Crippen molar-refractivity contribution in [2.75, 3.05) is 0 Å². The van der Waals surface area contributed by atoms with Gasteiger partial charge in [-0.25, -0.2) is 0 Å². The van der Waals surface area contributed by atoms with E-state index in [-0.39, 0.29) is 0 Å². The molecule has 0 bridgehead atoms. The molecule has 0 amide bonds. The lowest BCUT2D eigenvalue weighted by molar-refractivity contribution is 0.307. The first-order valence-electron chi connectivity index (χ1n) is 9.60. The van der Waals surface area contributed by atoms with Crippen LogP contribution in [0.25, 0.3) is 0 Å². The normalized spacial score (nSPS) is 19.5. The topological polar surface area (TPSA) is 26.0 Å². The standard InChI is InChI=1S/C19H39N/c1-2-3-4-5-6-7-11-14-17-19(20)18-15-12-9-8-10-13-16-18/h18-19H,2-17,20H2,1H3. The van der Waals surface area contributed by atoms with E-state index in [4.69, 9.17) is 5.73 Å². The fraction of sp³-hybridized carbons (Fsp3) is 1.00. The maximum Gasteiger partial charge on any atom is 0.00671 e. The van der Waals surface area contributed by atoms with Crippen LogP contribution in [0.15, 0.2) is 0 Å². The van der Waals surface area contributed by atoms with Gasteiger partial charge in [-0.1, -0.05) is 90.4 Å². The molecule has 0 aromatic carbocycles. The van der Waals surface area contributed by atoms with E-state index in [0.717, 1.165) is 5.92 Å². The quantitative estimate of drug-likeness (QED) is 0.474. The second-order valence-corrected chi connectivity index (χ2v) is 7.03. The van der Waals surface area contributed by atoms with Crippen LogP contribution in [0, 0.1) is 5.92 Å². The fourth-order valence-corrected chi connectivity index (χ4v) is 3.67. The van der Waals surface area contributed by atoms with Crippen LogP contribution >= 0.6 is 0 Å². The predicted molar refractivity (Wildman–Crippen MR) is 91.0 cm³/mol. The summed E-state index contributed by atoms with van der Waals surface area (Å²) in [5.41, 5.74) is 6.45. The van der Waals surface area contributed by atoms with Crippen molar-refractivity contribution in [2.45, 2.75) is 116 Å². The Balaban J connectivity index is 1.96. The van der Waals surface area contributed by atoms with Crippen LogP contribution in [0.3, 0.4) is 0 Å². The Hall–Kier alpha value is -0.0400. The van der Waals surface area contributed by atoms with E-state index in [0.29, 0.717) is 6.04 Å². The van der Waals surface area contributed by atoms with Gasteiger partial charge in [-0.15, -0.1) is 0 Å². The molecule has 0 aromatic heterocycles. The van der Waals surface area contributed by atoms with Crippen molar-refractivity contribution in [1.82, 2.24) is 0 Å². The highest BCUT2D eigenvalue weighted by Crippen LogP contribution is 2.26. The molecule has 0 heterocycles. The summed E-state index contributed by atoms with van der Waals surface area (Å²) in [5.74, 6) is 0.833. The highest BCUT2D eigenvalue weighted by Gasteiger charge is 2.18. The third kappa shape index (κ3) is 9.00. The van der Waals surface area contributed by atoms with Crippen molar-refractivity contribution in [2.24, 2.45) is 11.7 Å². The molecular weight excluding hydrogens is 242 g/mol. The van der Waals surface area contributed by atoms with Crippen molar-refractivity contribution >= 4 is 0 Å². The Morgan fingerprint density at radius 3 is 1.85 bits per heavy atom. The molecule has 1 aliphatic rings. The smallest absolute Gasteiger partial charge is 0.00671 e. The highest BCUT2D eigenvalue weighted by atomic mass is 14.6. The Kier molecular flexibility index (Phi) is 11.4. The van der Waals surface area contributed by atoms with E-state index in [9.17, 15) is 0 Å². The van der Waals surface area contributed by atoms with Crippen molar-refractivity contribution in [3.63, 3.8) is 0 Å². The fourth-order valence-electron chi connectivity index (χ4n) is 3.67. The summed E-state index contributed by atoms with van der Waals surface area (Å²) >= 11 is 0. The lowest BCUT2D eigenvalue weighted by Crippen LogP contribution is -2.30. The van der Waals surface area contributed by atoms with Crippen molar-refractivity contribution in [3.8, 4) is 0 Å². The number of unbranched alkanes of at least 4 members (excludes halogenated alkanes) is 7. The molecule has 1 unspecified atom stereocenters. The molecule has 1 nitrogen and oxygen atoms in total. The van der Waals surface area contributed by atoms with Crippen LogP contribution in [0.1, 0.15) is 110 Å². The number of hydrogen-bond acceptors (Lipinski definition) is 1. The van der Waals surface area contributed by atoms with Gasteiger partial charge < -0.3 is 5.73 Å². The molecule has 0 saturated heterocycles. The molecule has 2 N–H and O–H groups in total. The largest absolute Gasteiger partial charge is 0.327 e. The lowest BCUT2D eigenvalue weighted by atomic mass is 9.84. The molecule has 120 valence electrons. The predicted octanol–water partition coefficient (Wildman–Crippen LogP) is 6.21. The minimum absolute atomic E-state index is 0.494. The molecule has 0 radical (unpaired) electrons. The zero-order valence-electron chi connectivity index (χ0n) is 14.0. The minimum Gasteiger partial charge on any atom is -0.327 e. The van der Waals surface area contributed by atoms with Crippen LogP contribution in [0.4, 0.5) is 0 Å². The Morgan fingerprint density at radius 2 is 1.25 bits per heavy atom. The van der Waals surface area contributed by atoms with E-state index in [1.54, 1.807) is 0 Å². The molecular formula is C19H39N. The van der Waals surface area contributed by atoms with Crippen LogP contribution in [0.5, 0.6) is 0 Å². The van der Waals surface area contributed by atoms with Crippen molar-refractivity contribution in [1.29, 1.82) is 0 Å². The van der Waals surface area contributed by atoms with Crippen molar-refractivity contribution < 1.29 is 0 Å². The molecule has 20 heavy (non-hydrogen) atoms. The summed E-state index contributed by atoms with van der Waals surface area (Å²) in [5, 5.41) is 0. The lowest BCUT2D eigenvalue weighted by Gasteiger charge is -2.25. The third-order valence-electron chi connectivity index (χ3n) is 5.15. The van der Waals surface area contributed by atoms with E-state index in [1.165, 1.54) is 103 Å². The first-order chi connectivity index (χ1) is 9.84. The van der Waals surface area contributed by atoms with Gasteiger partial charge in [-0.2, -0.15) is 0 Å². The SMILES string of the molecule is CCCCCCCCCCC(N)C1CCCCCCC1. The summed E-state index contributed by atoms with van der Waals surface area (Å²) in [6, 6.07) is 0.494. The van der Waals surface area contributed by atoms with Gasteiger partial charge in [0.25, 0.3) is 0 Å². The number of rotatable bonds is 10. The number of nitrogens with two attached hydrogens (primary N) is 1. The van der Waals surface area contributed by atoms with Gasteiger partial charge in [0.15, 0.2) is 0 Å². The van der Waals surface area contributed by atoms with Gasteiger partial charge in [0.1, 0.15) is 0 Å². The molecule has 0 spiro atoms. The van der Waals surface area contributed by atoms with Crippen LogP contribution in [0.2, 0.25) is 0 Å². The molecule has 1 fully saturated rings. The second-order valence-electron chi connectivity index (χ2n) is 7.03. The zero-order chi connectivity index (χ0) is 14.5. The average molecular weight is 282 g/mol. The Morgan fingerprint density at radius 1 is 0.750 bits per heavy atom. The Labute approximate surface area is 128 Å². The van der Waals surface area contributed by atoms with Gasteiger partial charge in [0.05, 0.1) is 0 Å². The molecule has 1 heteroatoms. The summed E-state index contributed by atoms with van der Waals surface area (Å²) in [4.78, 5) is 0. The first-order valence-corrected chi connectivity index (χ1v) is 9.60. The summed E-state index contributed by atoms with van der Waals surface area (Å²) in [6.07, 6.45) is 22.6. The second kappa shape index (κ2) is 12.7. The average Bonchev–Trinajstić information content (AvgIpc) is 2.41. The zero-order valence-corrected chi connectivity index (χ0v) is 14.0. The molecule has 1 atom stereocenters. The maximum atomic E-state index is 6.45. The van der Waals surface area contributed by atoms with E-state index in [1.807, 2.05) is 0 Å². The van der Waals surface area contributed by atoms with E-state index in [2.05, 4.69) is 6.92 Å². The first kappa shape index (κ1) is 18.0. The van der Waals surface area contributed by atoms with Gasteiger partial charge in [0, 0.05) is 6.04 Å². The third-order valence-corrected chi connectivity index (χ3v) is 5.15. The van der Waals surface area contributed by atoms with Crippen LogP contribution in [-0.4, -0.2) is 6.04 Å². The van der Waals surface area contributed by atoms with Crippen LogP contribution in [-0.2, 0) is 0 Å². The molecule has 0 aliphatic heterocycles. The van der Waals surface area contributed by atoms with Crippen LogP contribution < -0.4 is 5.73 Å². The molecule has 1 aliphatic carbocycles. The molecule has 1 rings (SSSR count). The van der Waals surface area contributed by atoms with Crippen molar-refractivity contribution in [3.05, 3.63) is 0 Å². The minimum atomic E-state index is 0.494. The maximum absolute atomic E-state index is 6.45. The monoisotopic (exact) mass is 281 g/mol. The molecule has 1 saturated carbocycles. The number of hydrogen-bond donors (Lipinski definition) is 1. The van der Waals surface area contributed by atoms with Gasteiger partial charge in [-0.05, 0) is 25.2 Å². The highest BCUT2D eigenvalue weighted by molar-refractivity contribution is 4.74. The van der Waals surface area contributed by atoms with Gasteiger partial charge in [0.2, 0.25) is 0 Å². The van der Waals surface area contributed by atoms with Gasteiger partial charge >= 0.3 is 0 Å². The summed E-state index contributed by atoms with van der Waals surface area (Å²) < 4.78 is 0. The summed E-state index contributed by atoms with van der Waals surface area (Å²) in [7, 11) is 0. The van der Waals surface area contributed by atoms with E-state index >= 15 is 0 Å².